The molecule has 14 heavy (non-hydrogen) atoms. The molecule has 1 aromatic heterocycles. The van der Waals surface area contributed by atoms with E-state index in [0.717, 1.165) is 0 Å². The lowest BCUT2D eigenvalue weighted by atomic mass is 10.1. The summed E-state index contributed by atoms with van der Waals surface area (Å²) < 4.78 is 0. The number of pyridine rings is 1. The van der Waals surface area contributed by atoms with E-state index in [1.165, 1.54) is 0 Å². The van der Waals surface area contributed by atoms with E-state index in [-0.39, 0.29) is 11.3 Å². The van der Waals surface area contributed by atoms with E-state index >= 15 is 0 Å². The number of nitrogens with zero attached hydrogens (tertiary/aromatic N) is 1. The lowest BCUT2D eigenvalue weighted by Gasteiger charge is -2.04. The summed E-state index contributed by atoms with van der Waals surface area (Å²) in [5.74, 6) is -0.0845. The standard InChI is InChI=1S/C11H8NO2/c1-7-11(14)9(6-13)8-4-2-3-5-10(8)12-7/h2-5,14H,1H3. The molecule has 1 heterocycles. The van der Waals surface area contributed by atoms with Gasteiger partial charge in [0.1, 0.15) is 5.75 Å². The molecular formula is C11H8NO2. The van der Waals surface area contributed by atoms with Crippen molar-refractivity contribution in [1.82, 2.24) is 4.98 Å². The average molecular weight is 186 g/mol. The molecule has 3 heteroatoms. The van der Waals surface area contributed by atoms with Gasteiger partial charge in [0, 0.05) is 5.39 Å². The van der Waals surface area contributed by atoms with Crippen LogP contribution in [0.15, 0.2) is 24.3 Å². The topological polar surface area (TPSA) is 50.2 Å². The number of fused-ring (bicyclic) bond motifs is 1. The van der Waals surface area contributed by atoms with E-state index in [1.54, 1.807) is 31.4 Å². The number of hydrogen-bond donors (Lipinski definition) is 1. The molecule has 0 aliphatic heterocycles. The van der Waals surface area contributed by atoms with Crippen LogP contribution in [-0.4, -0.2) is 16.4 Å². The predicted molar refractivity (Wildman–Crippen MR) is 52.9 cm³/mol. The van der Waals surface area contributed by atoms with Crippen molar-refractivity contribution in [3.05, 3.63) is 35.5 Å². The Morgan fingerprint density at radius 3 is 2.79 bits per heavy atom. The minimum atomic E-state index is -0.0845. The molecule has 0 saturated heterocycles. The summed E-state index contributed by atoms with van der Waals surface area (Å²) in [7, 11) is 0. The maximum absolute atomic E-state index is 10.7. The van der Waals surface area contributed by atoms with Crippen LogP contribution in [0.3, 0.4) is 0 Å². The molecule has 0 spiro atoms. The normalized spacial score (nSPS) is 10.4. The Balaban J connectivity index is 2.96. The molecule has 3 nitrogen and oxygen atoms in total. The molecule has 69 valence electrons. The van der Waals surface area contributed by atoms with E-state index in [2.05, 4.69) is 4.98 Å². The van der Waals surface area contributed by atoms with Crippen molar-refractivity contribution in [3.8, 4) is 5.75 Å². The Kier molecular flexibility index (Phi) is 1.93. The van der Waals surface area contributed by atoms with Crippen LogP contribution in [0, 0.1) is 6.92 Å². The molecule has 0 bridgehead atoms. The number of para-hydroxylation sites is 1. The van der Waals surface area contributed by atoms with Gasteiger partial charge >= 0.3 is 0 Å². The van der Waals surface area contributed by atoms with Gasteiger partial charge in [0.25, 0.3) is 0 Å². The number of carbonyl (C=O) groups excluding carboxylic acids is 1. The van der Waals surface area contributed by atoms with Gasteiger partial charge in [-0.2, -0.15) is 0 Å². The largest absolute Gasteiger partial charge is 0.505 e. The van der Waals surface area contributed by atoms with Crippen LogP contribution in [0.5, 0.6) is 5.75 Å². The molecule has 0 atom stereocenters. The summed E-state index contributed by atoms with van der Waals surface area (Å²) in [5.41, 5.74) is 1.33. The second kappa shape index (κ2) is 3.10. The van der Waals surface area contributed by atoms with Crippen LogP contribution in [0.4, 0.5) is 0 Å². The second-order valence-corrected chi connectivity index (χ2v) is 3.04. The van der Waals surface area contributed by atoms with E-state index in [1.807, 2.05) is 6.07 Å². The highest BCUT2D eigenvalue weighted by atomic mass is 16.3. The molecule has 0 amide bonds. The number of hydrogen-bond acceptors (Lipinski definition) is 3. The molecule has 0 saturated carbocycles. The summed E-state index contributed by atoms with van der Waals surface area (Å²) in [4.78, 5) is 14.8. The SMILES string of the molecule is Cc1nc2ccccc2c([C]=O)c1O. The first-order chi connectivity index (χ1) is 6.74. The molecule has 1 radical (unpaired) electrons. The minimum absolute atomic E-state index is 0.0845. The lowest BCUT2D eigenvalue weighted by Crippen LogP contribution is -1.92. The van der Waals surface area contributed by atoms with Crippen LogP contribution in [0.1, 0.15) is 11.3 Å². The van der Waals surface area contributed by atoms with Crippen molar-refractivity contribution in [2.75, 3.05) is 0 Å². The fourth-order valence-electron chi connectivity index (χ4n) is 1.43. The Morgan fingerprint density at radius 2 is 2.07 bits per heavy atom. The zero-order valence-corrected chi connectivity index (χ0v) is 7.61. The van der Waals surface area contributed by atoms with Crippen LogP contribution in [0.25, 0.3) is 10.9 Å². The van der Waals surface area contributed by atoms with Gasteiger partial charge in [-0.05, 0) is 13.0 Å². The Hall–Kier alpha value is -1.90. The molecule has 2 aromatic rings. The minimum Gasteiger partial charge on any atom is -0.505 e. The second-order valence-electron chi connectivity index (χ2n) is 3.04. The van der Waals surface area contributed by atoms with Crippen molar-refractivity contribution in [2.24, 2.45) is 0 Å². The van der Waals surface area contributed by atoms with Gasteiger partial charge < -0.3 is 5.11 Å². The van der Waals surface area contributed by atoms with Crippen LogP contribution >= 0.6 is 0 Å². The van der Waals surface area contributed by atoms with Gasteiger partial charge in [-0.1, -0.05) is 18.2 Å². The smallest absolute Gasteiger partial charge is 0.238 e. The summed E-state index contributed by atoms with van der Waals surface area (Å²) in [6.45, 7) is 1.66. The maximum Gasteiger partial charge on any atom is 0.238 e. The van der Waals surface area contributed by atoms with E-state index in [0.29, 0.717) is 16.6 Å². The predicted octanol–water partition coefficient (Wildman–Crippen LogP) is 1.71. The molecular weight excluding hydrogens is 178 g/mol. The summed E-state index contributed by atoms with van der Waals surface area (Å²) >= 11 is 0. The zero-order chi connectivity index (χ0) is 10.1. The van der Waals surface area contributed by atoms with Crippen LogP contribution in [0.2, 0.25) is 0 Å². The molecule has 0 aliphatic carbocycles. The van der Waals surface area contributed by atoms with E-state index in [4.69, 9.17) is 0 Å². The quantitative estimate of drug-likeness (QED) is 0.737. The summed E-state index contributed by atoms with van der Waals surface area (Å²) in [6.07, 6.45) is 1.74. The Morgan fingerprint density at radius 1 is 1.36 bits per heavy atom. The van der Waals surface area contributed by atoms with Gasteiger partial charge in [0.05, 0.1) is 16.8 Å². The number of aryl methyl sites for hydroxylation is 1. The summed E-state index contributed by atoms with van der Waals surface area (Å²) in [5, 5.41) is 10.2. The number of aromatic hydroxyl groups is 1. The third-order valence-electron chi connectivity index (χ3n) is 2.14. The highest BCUT2D eigenvalue weighted by Gasteiger charge is 2.10. The molecule has 0 aliphatic rings. The Bertz CT molecular complexity index is 506. The molecule has 0 unspecified atom stereocenters. The zero-order valence-electron chi connectivity index (χ0n) is 7.61. The number of benzene rings is 1. The molecule has 0 fully saturated rings. The molecule has 2 rings (SSSR count). The third kappa shape index (κ3) is 1.14. The fourth-order valence-corrected chi connectivity index (χ4v) is 1.43. The van der Waals surface area contributed by atoms with Crippen molar-refractivity contribution in [2.45, 2.75) is 6.92 Å². The van der Waals surface area contributed by atoms with Gasteiger partial charge in [-0.25, -0.2) is 4.98 Å². The van der Waals surface area contributed by atoms with Crippen molar-refractivity contribution >= 4 is 17.2 Å². The first-order valence-corrected chi connectivity index (χ1v) is 4.20. The number of rotatable bonds is 1. The first kappa shape index (κ1) is 8.69. The van der Waals surface area contributed by atoms with Gasteiger partial charge in [-0.15, -0.1) is 0 Å². The van der Waals surface area contributed by atoms with E-state index < -0.39 is 0 Å². The van der Waals surface area contributed by atoms with Gasteiger partial charge in [0.2, 0.25) is 6.29 Å². The average Bonchev–Trinajstić information content (AvgIpc) is 2.20. The third-order valence-corrected chi connectivity index (χ3v) is 2.14. The van der Waals surface area contributed by atoms with Gasteiger partial charge in [0.15, 0.2) is 0 Å². The van der Waals surface area contributed by atoms with Crippen molar-refractivity contribution in [1.29, 1.82) is 0 Å². The van der Waals surface area contributed by atoms with Crippen molar-refractivity contribution in [3.63, 3.8) is 0 Å². The van der Waals surface area contributed by atoms with Crippen molar-refractivity contribution < 1.29 is 9.90 Å². The fraction of sp³-hybridized carbons (Fsp3) is 0.0909. The number of aromatic nitrogens is 1. The highest BCUT2D eigenvalue weighted by molar-refractivity contribution is 5.99. The molecule has 1 N–H and O–H groups in total. The first-order valence-electron chi connectivity index (χ1n) is 4.20. The van der Waals surface area contributed by atoms with E-state index in [9.17, 15) is 9.90 Å². The maximum atomic E-state index is 10.7. The summed E-state index contributed by atoms with van der Waals surface area (Å²) in [6, 6.07) is 7.16. The monoisotopic (exact) mass is 186 g/mol. The lowest BCUT2D eigenvalue weighted by molar-refractivity contribution is 0.466. The molecule has 1 aromatic carbocycles. The van der Waals surface area contributed by atoms with Gasteiger partial charge in [-0.3, -0.25) is 4.79 Å². The van der Waals surface area contributed by atoms with Crippen LogP contribution < -0.4 is 0 Å². The van der Waals surface area contributed by atoms with Crippen LogP contribution in [-0.2, 0) is 4.79 Å². The highest BCUT2D eigenvalue weighted by Crippen LogP contribution is 2.26. The Labute approximate surface area is 81.0 Å².